The number of rotatable bonds is 18. The molecule has 0 heterocycles. The Bertz CT molecular complexity index is 594. The summed E-state index contributed by atoms with van der Waals surface area (Å²) in [5.41, 5.74) is 0. The molecule has 12 heteroatoms. The highest BCUT2D eigenvalue weighted by Gasteiger charge is 2.42. The summed E-state index contributed by atoms with van der Waals surface area (Å²) in [5.74, 6) is -2.66. The van der Waals surface area contributed by atoms with Crippen molar-refractivity contribution in [2.45, 2.75) is 65.6 Å². The number of hydrogen-bond acceptors (Lipinski definition) is 12. The van der Waals surface area contributed by atoms with Crippen molar-refractivity contribution in [2.75, 3.05) is 46.8 Å². The van der Waals surface area contributed by atoms with Crippen LogP contribution < -0.4 is 0 Å². The molecule has 12 nitrogen and oxygen atoms in total. The molecule has 0 saturated heterocycles. The third kappa shape index (κ3) is 15.2. The fourth-order valence-corrected chi connectivity index (χ4v) is 2.72. The van der Waals surface area contributed by atoms with Gasteiger partial charge in [0.1, 0.15) is 6.10 Å². The molecule has 0 N–H and O–H groups in total. The zero-order valence-corrected chi connectivity index (χ0v) is 20.2. The third-order valence-electron chi connectivity index (χ3n) is 3.91. The Labute approximate surface area is 194 Å². The Hall–Kier alpha value is -2.28. The first kappa shape index (κ1) is 30.7. The van der Waals surface area contributed by atoms with Crippen LogP contribution in [0.25, 0.3) is 0 Å². The molecule has 0 radical (unpaired) electrons. The maximum atomic E-state index is 11.8. The highest BCUT2D eigenvalue weighted by atomic mass is 16.7. The molecule has 0 aliphatic rings. The Morgan fingerprint density at radius 1 is 0.667 bits per heavy atom. The van der Waals surface area contributed by atoms with Crippen molar-refractivity contribution in [1.29, 1.82) is 0 Å². The van der Waals surface area contributed by atoms with Crippen molar-refractivity contribution < 1.29 is 57.1 Å². The molecule has 4 atom stereocenters. The van der Waals surface area contributed by atoms with Crippen molar-refractivity contribution in [2.24, 2.45) is 0 Å². The lowest BCUT2D eigenvalue weighted by molar-refractivity contribution is -0.239. The molecule has 0 aromatic carbocycles. The van der Waals surface area contributed by atoms with Crippen LogP contribution in [0.4, 0.5) is 0 Å². The first-order valence-electron chi connectivity index (χ1n) is 10.6. The number of carbonyl (C=O) groups is 4. The van der Waals surface area contributed by atoms with Crippen LogP contribution in [0.1, 0.15) is 41.0 Å². The van der Waals surface area contributed by atoms with Crippen LogP contribution in [0.2, 0.25) is 0 Å². The van der Waals surface area contributed by atoms with E-state index in [0.717, 1.165) is 20.8 Å². The zero-order chi connectivity index (χ0) is 25.2. The molecule has 0 aliphatic carbocycles. The molecule has 0 amide bonds. The van der Waals surface area contributed by atoms with E-state index in [9.17, 15) is 19.2 Å². The Morgan fingerprint density at radius 2 is 1.21 bits per heavy atom. The first-order valence-corrected chi connectivity index (χ1v) is 10.6. The molecule has 4 unspecified atom stereocenters. The van der Waals surface area contributed by atoms with Gasteiger partial charge < -0.3 is 37.9 Å². The van der Waals surface area contributed by atoms with Gasteiger partial charge in [-0.2, -0.15) is 0 Å². The molecule has 0 spiro atoms. The van der Waals surface area contributed by atoms with Crippen LogP contribution in [-0.4, -0.2) is 95.2 Å². The Balaban J connectivity index is 5.53. The lowest BCUT2D eigenvalue weighted by atomic mass is 10.0. The molecule has 0 aliphatic heterocycles. The topological polar surface area (TPSA) is 142 Å². The Kier molecular flexibility index (Phi) is 16.9. The predicted octanol–water partition coefficient (Wildman–Crippen LogP) is 0.777. The van der Waals surface area contributed by atoms with Crippen molar-refractivity contribution in [1.82, 2.24) is 0 Å². The second kappa shape index (κ2) is 18.2. The van der Waals surface area contributed by atoms with E-state index in [0.29, 0.717) is 19.8 Å². The van der Waals surface area contributed by atoms with E-state index in [-0.39, 0.29) is 26.2 Å². The summed E-state index contributed by atoms with van der Waals surface area (Å²) in [4.78, 5) is 46.4. The molecular formula is C21H36O12. The SMILES string of the molecule is CCOCCOCCOC(OC)C(OC(C)=O)C(OC(C)=O)C(CCOC(C)=O)OC(C)=O. The van der Waals surface area contributed by atoms with E-state index >= 15 is 0 Å². The number of esters is 4. The van der Waals surface area contributed by atoms with Gasteiger partial charge in [-0.25, -0.2) is 0 Å². The monoisotopic (exact) mass is 480 g/mol. The van der Waals surface area contributed by atoms with Gasteiger partial charge in [0.2, 0.25) is 0 Å². The van der Waals surface area contributed by atoms with Crippen molar-refractivity contribution in [3.05, 3.63) is 0 Å². The number of carbonyl (C=O) groups excluding carboxylic acids is 4. The largest absolute Gasteiger partial charge is 0.466 e. The second-order valence-electron chi connectivity index (χ2n) is 6.71. The maximum Gasteiger partial charge on any atom is 0.303 e. The van der Waals surface area contributed by atoms with E-state index in [1.165, 1.54) is 14.0 Å². The summed E-state index contributed by atoms with van der Waals surface area (Å²) in [5, 5.41) is 0. The minimum Gasteiger partial charge on any atom is -0.466 e. The van der Waals surface area contributed by atoms with Crippen LogP contribution >= 0.6 is 0 Å². The molecular weight excluding hydrogens is 444 g/mol. The summed E-state index contributed by atoms with van der Waals surface area (Å²) in [6.45, 7) is 8.04. The average Bonchev–Trinajstić information content (AvgIpc) is 2.71. The van der Waals surface area contributed by atoms with E-state index < -0.39 is 48.5 Å². The summed E-state index contributed by atoms with van der Waals surface area (Å²) >= 11 is 0. The second-order valence-corrected chi connectivity index (χ2v) is 6.71. The van der Waals surface area contributed by atoms with Gasteiger partial charge in [0.25, 0.3) is 0 Å². The fourth-order valence-electron chi connectivity index (χ4n) is 2.72. The van der Waals surface area contributed by atoms with Gasteiger partial charge in [0, 0.05) is 47.8 Å². The van der Waals surface area contributed by atoms with Crippen LogP contribution in [-0.2, 0) is 57.1 Å². The van der Waals surface area contributed by atoms with Crippen LogP contribution in [0, 0.1) is 0 Å². The molecule has 0 saturated carbocycles. The molecule has 0 aromatic rings. The molecule has 0 fully saturated rings. The molecule has 33 heavy (non-hydrogen) atoms. The first-order chi connectivity index (χ1) is 15.6. The van der Waals surface area contributed by atoms with Gasteiger partial charge in [0.05, 0.1) is 33.0 Å². The van der Waals surface area contributed by atoms with E-state index in [1.807, 2.05) is 6.92 Å². The van der Waals surface area contributed by atoms with Crippen molar-refractivity contribution in [3.63, 3.8) is 0 Å². The van der Waals surface area contributed by atoms with E-state index in [1.54, 1.807) is 0 Å². The molecule has 0 rings (SSSR count). The van der Waals surface area contributed by atoms with Gasteiger partial charge in [-0.1, -0.05) is 0 Å². The fraction of sp³-hybridized carbons (Fsp3) is 0.810. The van der Waals surface area contributed by atoms with Crippen molar-refractivity contribution >= 4 is 23.9 Å². The van der Waals surface area contributed by atoms with Gasteiger partial charge >= 0.3 is 23.9 Å². The highest BCUT2D eigenvalue weighted by molar-refractivity contribution is 5.68. The molecule has 0 bridgehead atoms. The van der Waals surface area contributed by atoms with Crippen LogP contribution in [0.5, 0.6) is 0 Å². The molecule has 192 valence electrons. The standard InChI is InChI=1S/C21H36O12/c1-7-27-10-11-28-12-13-30-21(26-6)20(33-17(5)25)19(32-16(4)24)18(31-15(3)23)8-9-29-14(2)22/h18-21H,7-13H2,1-6H3. The average molecular weight is 481 g/mol. The highest BCUT2D eigenvalue weighted by Crippen LogP contribution is 2.22. The molecule has 0 aromatic heterocycles. The maximum absolute atomic E-state index is 11.8. The normalized spacial score (nSPS) is 14.5. The minimum absolute atomic E-state index is 0.0359. The number of hydrogen-bond donors (Lipinski definition) is 0. The van der Waals surface area contributed by atoms with Gasteiger partial charge in [-0.3, -0.25) is 19.2 Å². The van der Waals surface area contributed by atoms with Gasteiger partial charge in [0.15, 0.2) is 18.5 Å². The Morgan fingerprint density at radius 3 is 1.73 bits per heavy atom. The van der Waals surface area contributed by atoms with E-state index in [2.05, 4.69) is 0 Å². The van der Waals surface area contributed by atoms with Crippen LogP contribution in [0.3, 0.4) is 0 Å². The predicted molar refractivity (Wildman–Crippen MR) is 112 cm³/mol. The summed E-state index contributed by atoms with van der Waals surface area (Å²) in [6.07, 6.45) is -4.97. The lowest BCUT2D eigenvalue weighted by Crippen LogP contribution is -2.52. The summed E-state index contributed by atoms with van der Waals surface area (Å²) in [7, 11) is 1.31. The van der Waals surface area contributed by atoms with Gasteiger partial charge in [-0.05, 0) is 6.92 Å². The quantitative estimate of drug-likeness (QED) is 0.118. The third-order valence-corrected chi connectivity index (χ3v) is 3.91. The van der Waals surface area contributed by atoms with Crippen molar-refractivity contribution in [3.8, 4) is 0 Å². The lowest BCUT2D eigenvalue weighted by Gasteiger charge is -2.35. The van der Waals surface area contributed by atoms with E-state index in [4.69, 9.17) is 37.9 Å². The summed E-state index contributed by atoms with van der Waals surface area (Å²) < 4.78 is 42.4. The number of methoxy groups -OCH3 is 1. The smallest absolute Gasteiger partial charge is 0.303 e. The van der Waals surface area contributed by atoms with Gasteiger partial charge in [-0.15, -0.1) is 0 Å². The summed E-state index contributed by atoms with van der Waals surface area (Å²) in [6, 6.07) is 0. The van der Waals surface area contributed by atoms with Crippen LogP contribution in [0.15, 0.2) is 0 Å². The minimum atomic E-state index is -1.31. The zero-order valence-electron chi connectivity index (χ0n) is 20.2. The number of ether oxygens (including phenoxy) is 8.